The molecule has 2 amide bonds. The Morgan fingerprint density at radius 3 is 1.93 bits per heavy atom. The Morgan fingerprint density at radius 2 is 1.37 bits per heavy atom. The molecule has 160 valence electrons. The number of nitrogens with one attached hydrogen (secondary N) is 2. The molecule has 0 saturated heterocycles. The Morgan fingerprint density at radius 1 is 0.778 bits per heavy atom. The molecule has 0 aromatic heterocycles. The van der Waals surface area contributed by atoms with Crippen LogP contribution in [-0.2, 0) is 23.8 Å². The van der Waals surface area contributed by atoms with E-state index in [-0.39, 0.29) is 24.5 Å². The number of hydrogen-bond acceptors (Lipinski definition) is 5. The normalized spacial score (nSPS) is 11.0. The van der Waals surface area contributed by atoms with Crippen molar-refractivity contribution in [2.45, 2.75) is 71.8 Å². The zero-order chi connectivity index (χ0) is 20.2. The number of rotatable bonds is 19. The minimum atomic E-state index is -0.110. The van der Waals surface area contributed by atoms with Gasteiger partial charge in [-0.15, -0.1) is 0 Å². The van der Waals surface area contributed by atoms with Gasteiger partial charge in [0.05, 0.1) is 19.3 Å². The van der Waals surface area contributed by atoms with Gasteiger partial charge in [-0.1, -0.05) is 19.8 Å². The van der Waals surface area contributed by atoms with Gasteiger partial charge in [0.2, 0.25) is 11.8 Å². The van der Waals surface area contributed by atoms with Crippen molar-refractivity contribution in [2.75, 3.05) is 46.1 Å². The van der Waals surface area contributed by atoms with Crippen molar-refractivity contribution in [3.05, 3.63) is 0 Å². The molecule has 0 spiro atoms. The first kappa shape index (κ1) is 25.8. The smallest absolute Gasteiger partial charge is 0.246 e. The van der Waals surface area contributed by atoms with E-state index in [0.29, 0.717) is 45.9 Å². The first-order chi connectivity index (χ1) is 13.1. The number of carbonyl (C=O) groups excluding carboxylic acids is 2. The van der Waals surface area contributed by atoms with Gasteiger partial charge in [-0.3, -0.25) is 9.59 Å². The predicted molar refractivity (Wildman–Crippen MR) is 107 cm³/mol. The summed E-state index contributed by atoms with van der Waals surface area (Å²) in [5.74, 6) is 0.00874. The van der Waals surface area contributed by atoms with Crippen molar-refractivity contribution in [1.29, 1.82) is 0 Å². The molecule has 0 aromatic carbocycles. The number of unbranched alkanes of at least 4 members (excludes halogenated alkanes) is 4. The highest BCUT2D eigenvalue weighted by molar-refractivity contribution is 5.77. The second-order valence-corrected chi connectivity index (χ2v) is 6.80. The highest BCUT2D eigenvalue weighted by atomic mass is 16.5. The molecule has 0 aliphatic heterocycles. The largest absolute Gasteiger partial charge is 0.380 e. The predicted octanol–water partition coefficient (Wildman–Crippen LogP) is 2.43. The molecule has 27 heavy (non-hydrogen) atoms. The lowest BCUT2D eigenvalue weighted by Gasteiger charge is -2.09. The number of amides is 2. The van der Waals surface area contributed by atoms with Gasteiger partial charge in [-0.2, -0.15) is 0 Å². The van der Waals surface area contributed by atoms with Gasteiger partial charge < -0.3 is 24.8 Å². The molecular formula is C20H40N2O5. The Kier molecular flexibility index (Phi) is 18.7. The molecular weight excluding hydrogens is 348 g/mol. The van der Waals surface area contributed by atoms with E-state index in [4.69, 9.17) is 14.2 Å². The van der Waals surface area contributed by atoms with Crippen LogP contribution in [0.15, 0.2) is 0 Å². The van der Waals surface area contributed by atoms with Crippen LogP contribution in [0.4, 0.5) is 0 Å². The lowest BCUT2D eigenvalue weighted by Crippen LogP contribution is -2.31. The average Bonchev–Trinajstić information content (AvgIpc) is 2.64. The molecule has 7 nitrogen and oxygen atoms in total. The Bertz CT molecular complexity index is 364. The van der Waals surface area contributed by atoms with Crippen molar-refractivity contribution in [2.24, 2.45) is 0 Å². The highest BCUT2D eigenvalue weighted by Crippen LogP contribution is 1.98. The van der Waals surface area contributed by atoms with Gasteiger partial charge in [-0.05, 0) is 39.5 Å². The monoisotopic (exact) mass is 388 g/mol. The zero-order valence-corrected chi connectivity index (χ0v) is 17.5. The lowest BCUT2D eigenvalue weighted by molar-refractivity contribution is -0.127. The van der Waals surface area contributed by atoms with Gasteiger partial charge in [0.15, 0.2) is 0 Å². The summed E-state index contributed by atoms with van der Waals surface area (Å²) < 4.78 is 16.2. The van der Waals surface area contributed by atoms with Crippen LogP contribution in [0.5, 0.6) is 0 Å². The van der Waals surface area contributed by atoms with Crippen LogP contribution in [0.3, 0.4) is 0 Å². The quantitative estimate of drug-likeness (QED) is 0.332. The third-order valence-corrected chi connectivity index (χ3v) is 3.77. The summed E-state index contributed by atoms with van der Waals surface area (Å²) in [4.78, 5) is 22.9. The fraction of sp³-hybridized carbons (Fsp3) is 0.900. The van der Waals surface area contributed by atoms with E-state index in [2.05, 4.69) is 17.6 Å². The van der Waals surface area contributed by atoms with Gasteiger partial charge >= 0.3 is 0 Å². The summed E-state index contributed by atoms with van der Waals surface area (Å²) in [7, 11) is 0. The summed E-state index contributed by atoms with van der Waals surface area (Å²) in [5, 5.41) is 5.62. The molecule has 0 unspecified atom stereocenters. The van der Waals surface area contributed by atoms with Gasteiger partial charge in [0.25, 0.3) is 0 Å². The first-order valence-electron chi connectivity index (χ1n) is 10.4. The number of carbonyl (C=O) groups is 2. The maximum Gasteiger partial charge on any atom is 0.246 e. The van der Waals surface area contributed by atoms with Crippen LogP contribution >= 0.6 is 0 Å². The maximum absolute atomic E-state index is 11.5. The van der Waals surface area contributed by atoms with Crippen molar-refractivity contribution in [3.63, 3.8) is 0 Å². The third kappa shape index (κ3) is 21.0. The van der Waals surface area contributed by atoms with E-state index in [9.17, 15) is 9.59 Å². The SMILES string of the molecule is CCCCCC(=O)NCCOCCCCCOCCNC(=O)COC(C)C. The summed E-state index contributed by atoms with van der Waals surface area (Å²) in [6, 6.07) is 0. The average molecular weight is 389 g/mol. The molecule has 7 heteroatoms. The molecule has 0 heterocycles. The highest BCUT2D eigenvalue weighted by Gasteiger charge is 2.02. The zero-order valence-electron chi connectivity index (χ0n) is 17.5. The molecule has 0 radical (unpaired) electrons. The van der Waals surface area contributed by atoms with Crippen molar-refractivity contribution in [1.82, 2.24) is 10.6 Å². The Balaban J connectivity index is 3.19. The lowest BCUT2D eigenvalue weighted by atomic mass is 10.2. The summed E-state index contributed by atoms with van der Waals surface area (Å²) in [6.45, 7) is 9.59. The van der Waals surface area contributed by atoms with E-state index in [1.807, 2.05) is 13.8 Å². The summed E-state index contributed by atoms with van der Waals surface area (Å²) >= 11 is 0. The Hall–Kier alpha value is -1.18. The summed E-state index contributed by atoms with van der Waals surface area (Å²) in [5.41, 5.74) is 0. The maximum atomic E-state index is 11.5. The van der Waals surface area contributed by atoms with E-state index in [1.54, 1.807) is 0 Å². The van der Waals surface area contributed by atoms with Crippen LogP contribution in [-0.4, -0.2) is 64.0 Å². The number of hydrogen-bond donors (Lipinski definition) is 2. The van der Waals surface area contributed by atoms with Gasteiger partial charge in [0.1, 0.15) is 6.61 Å². The molecule has 0 bridgehead atoms. The topological polar surface area (TPSA) is 85.9 Å². The Labute approximate surface area is 164 Å². The molecule has 2 N–H and O–H groups in total. The first-order valence-corrected chi connectivity index (χ1v) is 10.4. The molecule has 0 aliphatic carbocycles. The van der Waals surface area contributed by atoms with Crippen LogP contribution in [0.1, 0.15) is 65.7 Å². The van der Waals surface area contributed by atoms with Crippen LogP contribution in [0.25, 0.3) is 0 Å². The fourth-order valence-corrected chi connectivity index (χ4v) is 2.23. The van der Waals surface area contributed by atoms with Crippen LogP contribution in [0, 0.1) is 0 Å². The van der Waals surface area contributed by atoms with Crippen molar-refractivity contribution >= 4 is 11.8 Å². The molecule has 0 atom stereocenters. The summed E-state index contributed by atoms with van der Waals surface area (Å²) in [6.07, 6.45) is 6.87. The van der Waals surface area contributed by atoms with Crippen LogP contribution in [0.2, 0.25) is 0 Å². The second kappa shape index (κ2) is 19.6. The van der Waals surface area contributed by atoms with E-state index in [0.717, 1.165) is 38.5 Å². The second-order valence-electron chi connectivity index (χ2n) is 6.80. The van der Waals surface area contributed by atoms with Gasteiger partial charge in [-0.25, -0.2) is 0 Å². The molecule has 0 aliphatic rings. The van der Waals surface area contributed by atoms with Gasteiger partial charge in [0, 0.05) is 32.7 Å². The third-order valence-electron chi connectivity index (χ3n) is 3.77. The van der Waals surface area contributed by atoms with Crippen molar-refractivity contribution < 1.29 is 23.8 Å². The fourth-order valence-electron chi connectivity index (χ4n) is 2.23. The molecule has 0 rings (SSSR count). The van der Waals surface area contributed by atoms with E-state index >= 15 is 0 Å². The van der Waals surface area contributed by atoms with Crippen LogP contribution < -0.4 is 10.6 Å². The molecule has 0 fully saturated rings. The van der Waals surface area contributed by atoms with Crippen molar-refractivity contribution in [3.8, 4) is 0 Å². The minimum absolute atomic E-state index is 0.0604. The molecule has 0 aromatic rings. The minimum Gasteiger partial charge on any atom is -0.380 e. The number of ether oxygens (including phenoxy) is 3. The van der Waals surface area contributed by atoms with E-state index in [1.165, 1.54) is 0 Å². The standard InChI is InChI=1S/C20H40N2O5/c1-4-5-7-10-19(23)21-11-15-25-13-8-6-9-14-26-16-12-22-20(24)17-27-18(2)3/h18H,4-17H2,1-3H3,(H,21,23)(H,22,24). The molecule has 0 saturated carbocycles. The van der Waals surface area contributed by atoms with E-state index < -0.39 is 0 Å².